The van der Waals surface area contributed by atoms with Crippen LogP contribution in [-0.4, -0.2) is 28.5 Å². The van der Waals surface area contributed by atoms with Crippen molar-refractivity contribution in [3.05, 3.63) is 50.7 Å². The second-order valence-corrected chi connectivity index (χ2v) is 8.29. The van der Waals surface area contributed by atoms with Gasteiger partial charge in [-0.3, -0.25) is 13.9 Å². The zero-order valence-electron chi connectivity index (χ0n) is 15.1. The van der Waals surface area contributed by atoms with Crippen molar-refractivity contribution in [1.29, 1.82) is 0 Å². The van der Waals surface area contributed by atoms with Crippen molar-refractivity contribution in [3.8, 4) is 5.88 Å². The Kier molecular flexibility index (Phi) is 4.68. The lowest BCUT2D eigenvalue weighted by Crippen LogP contribution is -2.43. The van der Waals surface area contributed by atoms with E-state index >= 15 is 0 Å². The smallest absolute Gasteiger partial charge is 0.333 e. The third kappa shape index (κ3) is 3.27. The number of benzene rings is 1. The molecule has 2 aromatic rings. The second-order valence-electron chi connectivity index (χ2n) is 6.72. The van der Waals surface area contributed by atoms with Gasteiger partial charge in [0.05, 0.1) is 5.69 Å². The second kappa shape index (κ2) is 6.69. The van der Waals surface area contributed by atoms with Crippen LogP contribution in [0.5, 0.6) is 5.88 Å². The Morgan fingerprint density at radius 1 is 1.22 bits per heavy atom. The third-order valence-electron chi connectivity index (χ3n) is 4.31. The SMILES string of the molecule is CC(C)CCn1c(=O)c(C2=NS(=O)(=O)c3ccccc3N2)c(O)n(C)c1=O. The first-order valence-electron chi connectivity index (χ1n) is 8.37. The fraction of sp³-hybridized carbons (Fsp3) is 0.353. The molecule has 2 heterocycles. The Bertz CT molecular complexity index is 1160. The van der Waals surface area contributed by atoms with Crippen LogP contribution < -0.4 is 16.6 Å². The first kappa shape index (κ1) is 18.9. The number of aromatic nitrogens is 2. The van der Waals surface area contributed by atoms with Crippen LogP contribution in [0.2, 0.25) is 0 Å². The number of hydrogen-bond acceptors (Lipinski definition) is 6. The highest BCUT2D eigenvalue weighted by molar-refractivity contribution is 7.90. The van der Waals surface area contributed by atoms with Gasteiger partial charge in [-0.1, -0.05) is 26.0 Å². The highest BCUT2D eigenvalue weighted by Gasteiger charge is 2.30. The summed E-state index contributed by atoms with van der Waals surface area (Å²) < 4.78 is 30.4. The minimum atomic E-state index is -4.06. The van der Waals surface area contributed by atoms with Crippen molar-refractivity contribution in [2.75, 3.05) is 5.32 Å². The number of fused-ring (bicyclic) bond motifs is 1. The number of amidine groups is 1. The molecule has 0 aliphatic carbocycles. The van der Waals surface area contributed by atoms with Crippen molar-refractivity contribution in [1.82, 2.24) is 9.13 Å². The molecule has 1 aromatic carbocycles. The number of hydrogen-bond donors (Lipinski definition) is 2. The number of rotatable bonds is 4. The Morgan fingerprint density at radius 2 is 1.89 bits per heavy atom. The van der Waals surface area contributed by atoms with Gasteiger partial charge in [-0.2, -0.15) is 8.42 Å². The summed E-state index contributed by atoms with van der Waals surface area (Å²) in [5, 5.41) is 13.1. The molecule has 0 bridgehead atoms. The molecule has 1 aliphatic heterocycles. The fourth-order valence-electron chi connectivity index (χ4n) is 2.77. The van der Waals surface area contributed by atoms with Gasteiger partial charge in [-0.25, -0.2) is 4.79 Å². The summed E-state index contributed by atoms with van der Waals surface area (Å²) in [6.45, 7) is 4.05. The van der Waals surface area contributed by atoms with E-state index in [2.05, 4.69) is 9.71 Å². The summed E-state index contributed by atoms with van der Waals surface area (Å²) >= 11 is 0. The summed E-state index contributed by atoms with van der Waals surface area (Å²) in [7, 11) is -2.75. The van der Waals surface area contributed by atoms with E-state index in [-0.39, 0.29) is 34.4 Å². The van der Waals surface area contributed by atoms with Crippen LogP contribution in [0.25, 0.3) is 0 Å². The van der Waals surface area contributed by atoms with E-state index in [1.807, 2.05) is 13.8 Å². The van der Waals surface area contributed by atoms with Crippen molar-refractivity contribution in [2.45, 2.75) is 31.7 Å². The molecule has 0 radical (unpaired) electrons. The van der Waals surface area contributed by atoms with Crippen LogP contribution in [0.15, 0.2) is 43.1 Å². The molecule has 3 rings (SSSR count). The van der Waals surface area contributed by atoms with Crippen LogP contribution in [-0.2, 0) is 23.6 Å². The normalized spacial score (nSPS) is 15.2. The van der Waals surface area contributed by atoms with E-state index in [9.17, 15) is 23.1 Å². The van der Waals surface area contributed by atoms with E-state index < -0.39 is 27.2 Å². The third-order valence-corrected chi connectivity index (χ3v) is 5.65. The first-order valence-corrected chi connectivity index (χ1v) is 9.81. The summed E-state index contributed by atoms with van der Waals surface area (Å²) in [5.74, 6) is -0.715. The molecule has 0 saturated heterocycles. The van der Waals surface area contributed by atoms with Crippen LogP contribution >= 0.6 is 0 Å². The molecule has 0 atom stereocenters. The van der Waals surface area contributed by atoms with Crippen LogP contribution in [0, 0.1) is 5.92 Å². The van der Waals surface area contributed by atoms with Crippen molar-refractivity contribution in [2.24, 2.45) is 17.4 Å². The Morgan fingerprint density at radius 3 is 2.56 bits per heavy atom. The van der Waals surface area contributed by atoms with E-state index in [4.69, 9.17) is 0 Å². The molecule has 0 spiro atoms. The molecule has 0 unspecified atom stereocenters. The quantitative estimate of drug-likeness (QED) is 0.796. The largest absolute Gasteiger partial charge is 0.494 e. The Hall–Kier alpha value is -2.88. The summed E-state index contributed by atoms with van der Waals surface area (Å²) in [5.41, 5.74) is -1.60. The summed E-state index contributed by atoms with van der Waals surface area (Å²) in [6.07, 6.45) is 0.570. The molecular formula is C17H20N4O5S. The van der Waals surface area contributed by atoms with Gasteiger partial charge in [-0.15, -0.1) is 4.40 Å². The molecule has 1 aliphatic rings. The lowest BCUT2D eigenvalue weighted by Gasteiger charge is -2.20. The van der Waals surface area contributed by atoms with Crippen molar-refractivity contribution < 1.29 is 13.5 Å². The number of para-hydroxylation sites is 1. The van der Waals surface area contributed by atoms with Gasteiger partial charge >= 0.3 is 5.69 Å². The molecule has 9 nitrogen and oxygen atoms in total. The van der Waals surface area contributed by atoms with Gasteiger partial charge in [0.25, 0.3) is 15.6 Å². The van der Waals surface area contributed by atoms with E-state index in [1.165, 1.54) is 19.2 Å². The predicted octanol–water partition coefficient (Wildman–Crippen LogP) is 0.860. The van der Waals surface area contributed by atoms with Crippen LogP contribution in [0.4, 0.5) is 5.69 Å². The lowest BCUT2D eigenvalue weighted by molar-refractivity contribution is 0.399. The molecule has 1 aromatic heterocycles. The number of nitrogens with one attached hydrogen (secondary N) is 1. The predicted molar refractivity (Wildman–Crippen MR) is 101 cm³/mol. The zero-order chi connectivity index (χ0) is 19.9. The average molecular weight is 392 g/mol. The van der Waals surface area contributed by atoms with E-state index in [1.54, 1.807) is 12.1 Å². The maximum Gasteiger partial charge on any atom is 0.333 e. The number of aromatic hydroxyl groups is 1. The fourth-order valence-corrected chi connectivity index (χ4v) is 3.89. The van der Waals surface area contributed by atoms with Gasteiger partial charge in [0.2, 0.25) is 5.88 Å². The maximum atomic E-state index is 12.9. The molecule has 144 valence electrons. The topological polar surface area (TPSA) is 123 Å². The summed E-state index contributed by atoms with van der Waals surface area (Å²) in [4.78, 5) is 25.2. The van der Waals surface area contributed by atoms with Crippen molar-refractivity contribution in [3.63, 3.8) is 0 Å². The first-order chi connectivity index (χ1) is 12.6. The number of nitrogens with zero attached hydrogens (tertiary/aromatic N) is 3. The van der Waals surface area contributed by atoms with Gasteiger partial charge in [-0.05, 0) is 24.5 Å². The molecule has 0 saturated carbocycles. The molecular weight excluding hydrogens is 372 g/mol. The molecule has 0 fully saturated rings. The minimum Gasteiger partial charge on any atom is -0.494 e. The Balaban J connectivity index is 2.23. The standard InChI is InChI=1S/C17H20N4O5S/c1-10(2)8-9-21-16(23)13(15(22)20(3)17(21)24)14-18-11-6-4-5-7-12(11)27(25,26)19-14/h4-7,10,22H,8-9H2,1-3H3,(H,18,19). The number of sulfonamides is 1. The maximum absolute atomic E-state index is 12.9. The molecule has 2 N–H and O–H groups in total. The Labute approximate surface area is 155 Å². The molecule has 0 amide bonds. The zero-order valence-corrected chi connectivity index (χ0v) is 15.9. The minimum absolute atomic E-state index is 0.0295. The van der Waals surface area contributed by atoms with Crippen LogP contribution in [0.3, 0.4) is 0 Å². The van der Waals surface area contributed by atoms with Crippen LogP contribution in [0.1, 0.15) is 25.8 Å². The number of anilines is 1. The van der Waals surface area contributed by atoms with Crippen molar-refractivity contribution >= 4 is 21.5 Å². The highest BCUT2D eigenvalue weighted by Crippen LogP contribution is 2.28. The van der Waals surface area contributed by atoms with Gasteiger partial charge in [0.15, 0.2) is 5.84 Å². The monoisotopic (exact) mass is 392 g/mol. The van der Waals surface area contributed by atoms with Gasteiger partial charge in [0, 0.05) is 13.6 Å². The van der Waals surface area contributed by atoms with E-state index in [0.29, 0.717) is 6.42 Å². The highest BCUT2D eigenvalue weighted by atomic mass is 32.2. The van der Waals surface area contributed by atoms with Gasteiger partial charge in [0.1, 0.15) is 10.5 Å². The average Bonchev–Trinajstić information content (AvgIpc) is 2.59. The van der Waals surface area contributed by atoms with E-state index in [0.717, 1.165) is 9.13 Å². The van der Waals surface area contributed by atoms with Gasteiger partial charge < -0.3 is 10.4 Å². The lowest BCUT2D eigenvalue weighted by atomic mass is 10.1. The molecule has 10 heteroatoms. The molecule has 27 heavy (non-hydrogen) atoms. The summed E-state index contributed by atoms with van der Waals surface area (Å²) in [6, 6.07) is 6.10.